The molecule has 0 saturated carbocycles. The molecule has 24 heavy (non-hydrogen) atoms. The van der Waals surface area contributed by atoms with E-state index < -0.39 is 0 Å². The summed E-state index contributed by atoms with van der Waals surface area (Å²) in [5.41, 5.74) is 4.03. The van der Waals surface area contributed by atoms with E-state index in [1.54, 1.807) is 32.0 Å². The number of hydrogen-bond acceptors (Lipinski definition) is 3. The van der Waals surface area contributed by atoms with Crippen molar-refractivity contribution in [2.75, 3.05) is 11.9 Å². The van der Waals surface area contributed by atoms with Crippen LogP contribution in [0.5, 0.6) is 0 Å². The first-order chi connectivity index (χ1) is 11.5. The van der Waals surface area contributed by atoms with Crippen LogP contribution in [-0.2, 0) is 22.4 Å². The highest BCUT2D eigenvalue weighted by Gasteiger charge is 2.14. The van der Waals surface area contributed by atoms with E-state index in [1.807, 2.05) is 24.3 Å². The molecule has 4 heteroatoms. The van der Waals surface area contributed by atoms with Gasteiger partial charge in [0.1, 0.15) is 0 Å². The maximum absolute atomic E-state index is 12.3. The van der Waals surface area contributed by atoms with Gasteiger partial charge >= 0.3 is 5.97 Å². The largest absolute Gasteiger partial charge is 0.462 e. The number of amides is 1. The average molecular weight is 325 g/mol. The lowest BCUT2D eigenvalue weighted by molar-refractivity contribution is -0.115. The van der Waals surface area contributed by atoms with Crippen LogP contribution in [0.25, 0.3) is 0 Å². The second-order valence-electron chi connectivity index (χ2n) is 5.59. The van der Waals surface area contributed by atoms with E-state index >= 15 is 0 Å². The van der Waals surface area contributed by atoms with Crippen LogP contribution in [0.2, 0.25) is 0 Å². The van der Waals surface area contributed by atoms with E-state index in [0.29, 0.717) is 29.8 Å². The monoisotopic (exact) mass is 325 g/mol. The van der Waals surface area contributed by atoms with Crippen molar-refractivity contribution in [1.29, 1.82) is 0 Å². The van der Waals surface area contributed by atoms with Gasteiger partial charge in [0.25, 0.3) is 0 Å². The van der Waals surface area contributed by atoms with Gasteiger partial charge in [-0.2, -0.15) is 0 Å². The van der Waals surface area contributed by atoms with Gasteiger partial charge < -0.3 is 10.1 Å². The number of esters is 1. The third-order valence-corrected chi connectivity index (χ3v) is 3.90. The molecule has 0 bridgehead atoms. The van der Waals surface area contributed by atoms with Gasteiger partial charge in [-0.1, -0.05) is 37.3 Å². The van der Waals surface area contributed by atoms with Crippen molar-refractivity contribution < 1.29 is 14.3 Å². The molecule has 0 heterocycles. The number of ether oxygens (including phenoxy) is 1. The Balaban J connectivity index is 2.08. The third kappa shape index (κ3) is 4.44. The van der Waals surface area contributed by atoms with Gasteiger partial charge in [-0.15, -0.1) is 0 Å². The van der Waals surface area contributed by atoms with Crippen LogP contribution in [-0.4, -0.2) is 18.5 Å². The lowest BCUT2D eigenvalue weighted by Gasteiger charge is -2.12. The molecule has 0 spiro atoms. The molecular weight excluding hydrogens is 302 g/mol. The van der Waals surface area contributed by atoms with Gasteiger partial charge in [0, 0.05) is 5.69 Å². The topological polar surface area (TPSA) is 55.4 Å². The zero-order valence-electron chi connectivity index (χ0n) is 14.4. The Morgan fingerprint density at radius 2 is 1.67 bits per heavy atom. The van der Waals surface area contributed by atoms with Crippen LogP contribution in [0.1, 0.15) is 40.9 Å². The minimum Gasteiger partial charge on any atom is -0.462 e. The highest BCUT2D eigenvalue weighted by atomic mass is 16.5. The first-order valence-corrected chi connectivity index (χ1v) is 8.19. The Morgan fingerprint density at radius 1 is 1.00 bits per heavy atom. The lowest BCUT2D eigenvalue weighted by Crippen LogP contribution is -2.16. The predicted octanol–water partition coefficient (Wildman–Crippen LogP) is 3.92. The van der Waals surface area contributed by atoms with Crippen LogP contribution in [0.4, 0.5) is 5.69 Å². The smallest absolute Gasteiger partial charge is 0.338 e. The maximum Gasteiger partial charge on any atom is 0.338 e. The summed E-state index contributed by atoms with van der Waals surface area (Å²) >= 11 is 0. The van der Waals surface area contributed by atoms with Crippen molar-refractivity contribution in [3.05, 3.63) is 64.7 Å². The van der Waals surface area contributed by atoms with Crippen LogP contribution in [0, 0.1) is 6.92 Å². The van der Waals surface area contributed by atoms with Crippen LogP contribution in [0.15, 0.2) is 42.5 Å². The van der Waals surface area contributed by atoms with E-state index in [2.05, 4.69) is 12.2 Å². The Morgan fingerprint density at radius 3 is 2.29 bits per heavy atom. The summed E-state index contributed by atoms with van der Waals surface area (Å²) in [5, 5.41) is 2.88. The lowest BCUT2D eigenvalue weighted by atomic mass is 10.1. The standard InChI is InChI=1S/C20H23NO3/c1-4-15-9-11-16(12-10-15)13-19(22)21-18-8-6-7-17(14(18)3)20(23)24-5-2/h6-12H,4-5,13H2,1-3H3,(H,21,22). The summed E-state index contributed by atoms with van der Waals surface area (Å²) in [6.07, 6.45) is 1.28. The van der Waals surface area contributed by atoms with Gasteiger partial charge in [-0.05, 0) is 49.1 Å². The van der Waals surface area contributed by atoms with Crippen molar-refractivity contribution in [2.24, 2.45) is 0 Å². The normalized spacial score (nSPS) is 10.3. The maximum atomic E-state index is 12.3. The van der Waals surface area contributed by atoms with Gasteiger partial charge in [0.05, 0.1) is 18.6 Å². The minimum atomic E-state index is -0.374. The molecule has 1 N–H and O–H groups in total. The highest BCUT2D eigenvalue weighted by molar-refractivity contribution is 5.97. The molecule has 0 aliphatic heterocycles. The molecule has 126 valence electrons. The predicted molar refractivity (Wildman–Crippen MR) is 95.3 cm³/mol. The molecular formula is C20H23NO3. The van der Waals surface area contributed by atoms with Crippen molar-refractivity contribution in [3.63, 3.8) is 0 Å². The van der Waals surface area contributed by atoms with E-state index in [4.69, 9.17) is 4.74 Å². The number of carbonyl (C=O) groups excluding carboxylic acids is 2. The van der Waals surface area contributed by atoms with Crippen LogP contribution < -0.4 is 5.32 Å². The summed E-state index contributed by atoms with van der Waals surface area (Å²) in [7, 11) is 0. The average Bonchev–Trinajstić information content (AvgIpc) is 2.57. The zero-order valence-corrected chi connectivity index (χ0v) is 14.4. The Labute approximate surface area is 142 Å². The molecule has 4 nitrogen and oxygen atoms in total. The summed E-state index contributed by atoms with van der Waals surface area (Å²) in [6.45, 7) is 5.99. The third-order valence-electron chi connectivity index (χ3n) is 3.90. The molecule has 2 aromatic carbocycles. The second kappa shape index (κ2) is 8.29. The van der Waals surface area contributed by atoms with Crippen molar-refractivity contribution >= 4 is 17.6 Å². The Kier molecular flexibility index (Phi) is 6.13. The SMILES string of the molecule is CCOC(=O)c1cccc(NC(=O)Cc2ccc(CC)cc2)c1C. The Bertz CT molecular complexity index is 720. The van der Waals surface area contributed by atoms with Crippen molar-refractivity contribution in [3.8, 4) is 0 Å². The molecule has 0 fully saturated rings. The Hall–Kier alpha value is -2.62. The molecule has 0 aromatic heterocycles. The molecule has 1 amide bonds. The van der Waals surface area contributed by atoms with E-state index in [-0.39, 0.29) is 11.9 Å². The summed E-state index contributed by atoms with van der Waals surface area (Å²) in [5.74, 6) is -0.482. The minimum absolute atomic E-state index is 0.108. The van der Waals surface area contributed by atoms with Gasteiger partial charge in [-0.3, -0.25) is 4.79 Å². The number of anilines is 1. The fourth-order valence-electron chi connectivity index (χ4n) is 2.47. The van der Waals surface area contributed by atoms with E-state index in [9.17, 15) is 9.59 Å². The molecule has 0 radical (unpaired) electrons. The van der Waals surface area contributed by atoms with Crippen molar-refractivity contribution in [2.45, 2.75) is 33.6 Å². The highest BCUT2D eigenvalue weighted by Crippen LogP contribution is 2.20. The number of benzene rings is 2. The zero-order chi connectivity index (χ0) is 17.5. The molecule has 0 aliphatic rings. The number of aryl methyl sites for hydroxylation is 1. The fraction of sp³-hybridized carbons (Fsp3) is 0.300. The molecule has 2 rings (SSSR count). The second-order valence-corrected chi connectivity index (χ2v) is 5.59. The number of nitrogens with one attached hydrogen (secondary N) is 1. The van der Waals surface area contributed by atoms with Gasteiger partial charge in [-0.25, -0.2) is 4.79 Å². The van der Waals surface area contributed by atoms with Gasteiger partial charge in [0.15, 0.2) is 0 Å². The molecule has 0 saturated heterocycles. The molecule has 0 atom stereocenters. The van der Waals surface area contributed by atoms with E-state index in [0.717, 1.165) is 12.0 Å². The van der Waals surface area contributed by atoms with Gasteiger partial charge in [0.2, 0.25) is 5.91 Å². The summed E-state index contributed by atoms with van der Waals surface area (Å²) in [6, 6.07) is 13.2. The van der Waals surface area contributed by atoms with E-state index in [1.165, 1.54) is 5.56 Å². The fourth-order valence-corrected chi connectivity index (χ4v) is 2.47. The molecule has 0 aliphatic carbocycles. The van der Waals surface area contributed by atoms with Crippen molar-refractivity contribution in [1.82, 2.24) is 0 Å². The van der Waals surface area contributed by atoms with Crippen LogP contribution in [0.3, 0.4) is 0 Å². The molecule has 0 unspecified atom stereocenters. The summed E-state index contributed by atoms with van der Waals surface area (Å²) < 4.78 is 5.03. The number of carbonyl (C=O) groups is 2. The summed E-state index contributed by atoms with van der Waals surface area (Å²) in [4.78, 5) is 24.2. The van der Waals surface area contributed by atoms with Crippen LogP contribution >= 0.6 is 0 Å². The number of hydrogen-bond donors (Lipinski definition) is 1. The quantitative estimate of drug-likeness (QED) is 0.819. The first kappa shape index (κ1) is 17.7. The molecule has 2 aromatic rings. The first-order valence-electron chi connectivity index (χ1n) is 8.19. The number of rotatable bonds is 6.